The molecule has 0 saturated carbocycles. The first-order valence-corrected chi connectivity index (χ1v) is 9.93. The molecule has 11 heteroatoms. The number of aromatic nitrogens is 4. The fourth-order valence-corrected chi connectivity index (χ4v) is 3.12. The first-order valence-electron chi connectivity index (χ1n) is 9.93. The molecule has 4 rings (SSSR count). The number of carbonyl (C=O) groups excluding carboxylic acids is 1. The Bertz CT molecular complexity index is 1140. The minimum Gasteiger partial charge on any atom is -0.471 e. The summed E-state index contributed by atoms with van der Waals surface area (Å²) in [7, 11) is 0. The summed E-state index contributed by atoms with van der Waals surface area (Å²) in [6.07, 6.45) is 3.07. The Hall–Kier alpha value is -4.01. The van der Waals surface area contributed by atoms with Gasteiger partial charge in [-0.1, -0.05) is 12.1 Å². The van der Waals surface area contributed by atoms with E-state index in [1.807, 2.05) is 0 Å². The van der Waals surface area contributed by atoms with E-state index in [-0.39, 0.29) is 29.2 Å². The molecule has 0 aliphatic carbocycles. The highest BCUT2D eigenvalue weighted by atomic mass is 16.7. The summed E-state index contributed by atoms with van der Waals surface area (Å²) in [4.78, 5) is 34.0. The Kier molecular flexibility index (Phi) is 6.25. The van der Waals surface area contributed by atoms with Gasteiger partial charge in [0.15, 0.2) is 5.82 Å². The van der Waals surface area contributed by atoms with Crippen LogP contribution in [0.1, 0.15) is 41.2 Å². The Morgan fingerprint density at radius 2 is 2.31 bits per heavy atom. The van der Waals surface area contributed by atoms with Gasteiger partial charge in [-0.05, 0) is 19.1 Å². The van der Waals surface area contributed by atoms with Crippen LogP contribution in [0.25, 0.3) is 11.4 Å². The average molecular weight is 435 g/mol. The Balaban J connectivity index is 1.63. The van der Waals surface area contributed by atoms with Crippen molar-refractivity contribution in [2.45, 2.75) is 25.6 Å². The van der Waals surface area contributed by atoms with Gasteiger partial charge in [0, 0.05) is 24.4 Å². The third-order valence-corrected chi connectivity index (χ3v) is 4.78. The number of imidazole rings is 1. The second kappa shape index (κ2) is 9.42. The lowest BCUT2D eigenvalue weighted by atomic mass is 10.1. The van der Waals surface area contributed by atoms with Crippen LogP contribution in [0.3, 0.4) is 0 Å². The number of carbonyl (C=O) groups is 1. The van der Waals surface area contributed by atoms with Crippen LogP contribution in [0.5, 0.6) is 5.88 Å². The zero-order chi connectivity index (χ0) is 22.5. The number of aromatic amines is 1. The van der Waals surface area contributed by atoms with Crippen LogP contribution >= 0.6 is 0 Å². The van der Waals surface area contributed by atoms with Gasteiger partial charge in [-0.3, -0.25) is 9.63 Å². The van der Waals surface area contributed by atoms with E-state index >= 15 is 0 Å². The van der Waals surface area contributed by atoms with Gasteiger partial charge < -0.3 is 20.2 Å². The van der Waals surface area contributed by atoms with E-state index in [4.69, 9.17) is 25.3 Å². The van der Waals surface area contributed by atoms with Crippen molar-refractivity contribution < 1.29 is 19.1 Å². The van der Waals surface area contributed by atoms with E-state index < -0.39 is 12.0 Å². The van der Waals surface area contributed by atoms with Crippen LogP contribution in [0, 0.1) is 11.3 Å². The summed E-state index contributed by atoms with van der Waals surface area (Å²) >= 11 is 0. The van der Waals surface area contributed by atoms with Gasteiger partial charge in [0.25, 0.3) is 5.91 Å². The van der Waals surface area contributed by atoms with Crippen molar-refractivity contribution in [1.82, 2.24) is 25.4 Å². The molecule has 4 N–H and O–H groups in total. The minimum atomic E-state index is -0.660. The maximum Gasteiger partial charge on any atom is 0.284 e. The van der Waals surface area contributed by atoms with Gasteiger partial charge in [0.2, 0.25) is 5.88 Å². The monoisotopic (exact) mass is 435 g/mol. The van der Waals surface area contributed by atoms with Gasteiger partial charge in [-0.15, -0.1) is 0 Å². The molecule has 3 heterocycles. The van der Waals surface area contributed by atoms with Gasteiger partial charge in [-0.2, -0.15) is 10.2 Å². The lowest BCUT2D eigenvalue weighted by Crippen LogP contribution is -2.29. The molecule has 0 spiro atoms. The number of amides is 1. The SMILES string of the molecule is CC(ONC(=O)c1c(N)nc(-c2cccc(C#N)c2)nc1O[C@H]1CCOC1)c1ncc[nH]1. The highest BCUT2D eigenvalue weighted by Crippen LogP contribution is 2.28. The van der Waals surface area contributed by atoms with Gasteiger partial charge in [0.1, 0.15) is 29.4 Å². The lowest BCUT2D eigenvalue weighted by Gasteiger charge is -2.17. The minimum absolute atomic E-state index is 0.0112. The molecular weight excluding hydrogens is 414 g/mol. The summed E-state index contributed by atoms with van der Waals surface area (Å²) < 4.78 is 11.3. The van der Waals surface area contributed by atoms with Crippen molar-refractivity contribution in [2.75, 3.05) is 18.9 Å². The molecule has 1 aromatic carbocycles. The van der Waals surface area contributed by atoms with Crippen LogP contribution < -0.4 is 16.0 Å². The zero-order valence-corrected chi connectivity index (χ0v) is 17.2. The fraction of sp³-hybridized carbons (Fsp3) is 0.286. The third kappa shape index (κ3) is 4.66. The second-order valence-corrected chi connectivity index (χ2v) is 7.07. The third-order valence-electron chi connectivity index (χ3n) is 4.78. The van der Waals surface area contributed by atoms with Crippen LogP contribution in [0.4, 0.5) is 5.82 Å². The van der Waals surface area contributed by atoms with Gasteiger partial charge in [0.05, 0.1) is 24.8 Å². The highest BCUT2D eigenvalue weighted by Gasteiger charge is 2.27. The van der Waals surface area contributed by atoms with E-state index in [0.717, 1.165) is 0 Å². The van der Waals surface area contributed by atoms with E-state index in [9.17, 15) is 4.79 Å². The fourth-order valence-electron chi connectivity index (χ4n) is 3.12. The van der Waals surface area contributed by atoms with Crippen molar-refractivity contribution in [3.05, 3.63) is 53.6 Å². The molecule has 164 valence electrons. The van der Waals surface area contributed by atoms with Crippen molar-refractivity contribution >= 4 is 11.7 Å². The molecule has 2 atom stereocenters. The number of nitrogens with one attached hydrogen (secondary N) is 2. The maximum atomic E-state index is 12.9. The smallest absolute Gasteiger partial charge is 0.284 e. The van der Waals surface area contributed by atoms with E-state index in [1.165, 1.54) is 0 Å². The van der Waals surface area contributed by atoms with E-state index in [2.05, 4.69) is 31.5 Å². The van der Waals surface area contributed by atoms with Crippen LogP contribution in [0.15, 0.2) is 36.7 Å². The predicted octanol–water partition coefficient (Wildman–Crippen LogP) is 1.91. The largest absolute Gasteiger partial charge is 0.471 e. The molecule has 2 aromatic heterocycles. The number of rotatable bonds is 7. The van der Waals surface area contributed by atoms with Crippen molar-refractivity contribution in [3.63, 3.8) is 0 Å². The Morgan fingerprint density at radius 1 is 1.44 bits per heavy atom. The first-order chi connectivity index (χ1) is 15.5. The number of nitriles is 1. The summed E-state index contributed by atoms with van der Waals surface area (Å²) in [5.74, 6) is 0.0408. The molecule has 0 bridgehead atoms. The molecule has 32 heavy (non-hydrogen) atoms. The van der Waals surface area contributed by atoms with Gasteiger partial charge >= 0.3 is 0 Å². The first kappa shape index (κ1) is 21.2. The Morgan fingerprint density at radius 3 is 3.03 bits per heavy atom. The van der Waals surface area contributed by atoms with E-state index in [0.29, 0.717) is 36.6 Å². The van der Waals surface area contributed by atoms with Crippen LogP contribution in [-0.2, 0) is 9.57 Å². The van der Waals surface area contributed by atoms with Crippen LogP contribution in [-0.4, -0.2) is 45.2 Å². The standard InChI is InChI=1S/C21H21N7O4/c1-12(18-24-6-7-25-18)32-28-20(29)16-17(23)26-19(14-4-2-3-13(9-14)10-22)27-21(16)31-15-5-8-30-11-15/h2-4,6-7,9,12,15H,5,8,11H2,1H3,(H,24,25)(H,28,29)(H2,23,26,27)/t12?,15-/m0/s1. The molecule has 1 unspecified atom stereocenters. The van der Waals surface area contributed by atoms with Gasteiger partial charge in [-0.25, -0.2) is 15.4 Å². The van der Waals surface area contributed by atoms with Crippen molar-refractivity contribution in [2.24, 2.45) is 0 Å². The quantitative estimate of drug-likeness (QED) is 0.471. The lowest BCUT2D eigenvalue weighted by molar-refractivity contribution is -0.0125. The number of nitrogen functional groups attached to an aromatic ring is 1. The molecule has 0 radical (unpaired) electrons. The van der Waals surface area contributed by atoms with Crippen molar-refractivity contribution in [1.29, 1.82) is 5.26 Å². The molecular formula is C21H21N7O4. The number of nitrogens with zero attached hydrogens (tertiary/aromatic N) is 4. The molecule has 1 saturated heterocycles. The van der Waals surface area contributed by atoms with Crippen LogP contribution in [0.2, 0.25) is 0 Å². The maximum absolute atomic E-state index is 12.9. The summed E-state index contributed by atoms with van der Waals surface area (Å²) in [6.45, 7) is 2.64. The number of benzene rings is 1. The zero-order valence-electron chi connectivity index (χ0n) is 17.2. The number of ether oxygens (including phenoxy) is 2. The summed E-state index contributed by atoms with van der Waals surface area (Å²) in [5, 5.41) is 9.17. The van der Waals surface area contributed by atoms with E-state index in [1.54, 1.807) is 43.6 Å². The molecule has 3 aromatic rings. The summed E-state index contributed by atoms with van der Waals surface area (Å²) in [5.41, 5.74) is 9.46. The number of hydroxylamine groups is 1. The number of nitrogens with two attached hydrogens (primary N) is 1. The molecule has 1 aliphatic rings. The number of hydrogen-bond donors (Lipinski definition) is 3. The highest BCUT2D eigenvalue weighted by molar-refractivity contribution is 6.00. The average Bonchev–Trinajstić information content (AvgIpc) is 3.51. The van der Waals surface area contributed by atoms with Crippen molar-refractivity contribution in [3.8, 4) is 23.3 Å². The molecule has 1 fully saturated rings. The number of H-pyrrole nitrogens is 1. The summed E-state index contributed by atoms with van der Waals surface area (Å²) in [6, 6.07) is 8.82. The molecule has 1 amide bonds. The predicted molar refractivity (Wildman–Crippen MR) is 112 cm³/mol. The number of hydrogen-bond acceptors (Lipinski definition) is 9. The normalized spacial score (nSPS) is 16.3. The number of anilines is 1. The molecule has 1 aliphatic heterocycles. The Labute approximate surface area is 183 Å². The topological polar surface area (TPSA) is 161 Å². The molecule has 11 nitrogen and oxygen atoms in total. The second-order valence-electron chi connectivity index (χ2n) is 7.07.